The van der Waals surface area contributed by atoms with Crippen LogP contribution in [0.25, 0.3) is 0 Å². The van der Waals surface area contributed by atoms with E-state index in [0.29, 0.717) is 12.2 Å². The van der Waals surface area contributed by atoms with Crippen LogP contribution in [-0.2, 0) is 4.74 Å². The number of methoxy groups -OCH3 is 1. The van der Waals surface area contributed by atoms with Crippen molar-refractivity contribution in [2.45, 2.75) is 19.9 Å². The maximum Gasteiger partial charge on any atom is 0.129 e. The molecule has 3 N–H and O–H groups in total. The highest BCUT2D eigenvalue weighted by Crippen LogP contribution is 2.15. The molecule has 94 valence electrons. The lowest BCUT2D eigenvalue weighted by atomic mass is 10.2. The smallest absolute Gasteiger partial charge is 0.129 e. The van der Waals surface area contributed by atoms with Crippen molar-refractivity contribution in [2.75, 3.05) is 25.2 Å². The van der Waals surface area contributed by atoms with Crippen LogP contribution in [0.1, 0.15) is 19.4 Å². The molecule has 1 rings (SSSR count). The molecule has 1 aromatic heterocycles. The molecule has 1 aromatic rings. The van der Waals surface area contributed by atoms with Gasteiger partial charge in [0.2, 0.25) is 0 Å². The van der Waals surface area contributed by atoms with Crippen molar-refractivity contribution in [3.8, 4) is 0 Å². The van der Waals surface area contributed by atoms with Crippen LogP contribution in [0.15, 0.2) is 18.3 Å². The molecule has 0 fully saturated rings. The normalized spacial score (nSPS) is 12.2. The van der Waals surface area contributed by atoms with Crippen LogP contribution in [-0.4, -0.2) is 37.1 Å². The first-order valence-electron chi connectivity index (χ1n) is 5.66. The summed E-state index contributed by atoms with van der Waals surface area (Å²) in [5.41, 5.74) is 6.16. The number of nitrogens with two attached hydrogens (primary N) is 1. The molecule has 0 radical (unpaired) electrons. The van der Waals surface area contributed by atoms with Gasteiger partial charge in [0, 0.05) is 25.4 Å². The van der Waals surface area contributed by atoms with E-state index < -0.39 is 0 Å². The number of pyridine rings is 1. The van der Waals surface area contributed by atoms with Crippen molar-refractivity contribution < 1.29 is 4.74 Å². The summed E-state index contributed by atoms with van der Waals surface area (Å²) in [5.74, 6) is 0.883. The minimum Gasteiger partial charge on any atom is -0.384 e. The van der Waals surface area contributed by atoms with Gasteiger partial charge in [0.25, 0.3) is 0 Å². The summed E-state index contributed by atoms with van der Waals surface area (Å²) >= 11 is 0. The molecule has 5 nitrogen and oxygen atoms in total. The van der Waals surface area contributed by atoms with Gasteiger partial charge >= 0.3 is 0 Å². The van der Waals surface area contributed by atoms with Gasteiger partial charge < -0.3 is 15.4 Å². The molecule has 0 aliphatic carbocycles. The second-order valence-electron chi connectivity index (χ2n) is 3.91. The van der Waals surface area contributed by atoms with Crippen molar-refractivity contribution in [3.63, 3.8) is 0 Å². The quantitative estimate of drug-likeness (QED) is 0.575. The Balaban J connectivity index is 2.95. The molecule has 17 heavy (non-hydrogen) atoms. The number of amidine groups is 1. The third-order valence-corrected chi connectivity index (χ3v) is 2.63. The Kier molecular flexibility index (Phi) is 4.90. The zero-order valence-electron chi connectivity index (χ0n) is 10.6. The number of rotatable bonds is 6. The maximum atomic E-state index is 7.43. The van der Waals surface area contributed by atoms with E-state index >= 15 is 0 Å². The Hall–Kier alpha value is -1.62. The van der Waals surface area contributed by atoms with E-state index in [1.165, 1.54) is 0 Å². The van der Waals surface area contributed by atoms with Crippen molar-refractivity contribution in [1.29, 1.82) is 5.41 Å². The van der Waals surface area contributed by atoms with Gasteiger partial charge in [-0.05, 0) is 26.0 Å². The van der Waals surface area contributed by atoms with Gasteiger partial charge in [-0.15, -0.1) is 0 Å². The summed E-state index contributed by atoms with van der Waals surface area (Å²) in [6, 6.07) is 3.80. The van der Waals surface area contributed by atoms with Gasteiger partial charge in [0.05, 0.1) is 12.6 Å². The van der Waals surface area contributed by atoms with Crippen LogP contribution in [0.4, 0.5) is 5.82 Å². The van der Waals surface area contributed by atoms with Gasteiger partial charge in [-0.1, -0.05) is 0 Å². The molecule has 0 aliphatic heterocycles. The van der Waals surface area contributed by atoms with Gasteiger partial charge in [-0.3, -0.25) is 5.41 Å². The fraction of sp³-hybridized carbons (Fsp3) is 0.500. The first kappa shape index (κ1) is 13.4. The third-order valence-electron chi connectivity index (χ3n) is 2.63. The van der Waals surface area contributed by atoms with E-state index in [2.05, 4.69) is 23.7 Å². The van der Waals surface area contributed by atoms with Crippen LogP contribution in [0.3, 0.4) is 0 Å². The van der Waals surface area contributed by atoms with Crippen LogP contribution >= 0.6 is 0 Å². The summed E-state index contributed by atoms with van der Waals surface area (Å²) in [6.45, 7) is 5.61. The highest BCUT2D eigenvalue weighted by atomic mass is 16.5. The number of likely N-dealkylation sites (N-methyl/N-ethyl adjacent to an activating group) is 1. The first-order chi connectivity index (χ1) is 8.10. The first-order valence-corrected chi connectivity index (χ1v) is 5.66. The Labute approximate surface area is 102 Å². The highest BCUT2D eigenvalue weighted by molar-refractivity contribution is 5.95. The second kappa shape index (κ2) is 6.20. The van der Waals surface area contributed by atoms with E-state index in [9.17, 15) is 0 Å². The Morgan fingerprint density at radius 1 is 1.65 bits per heavy atom. The van der Waals surface area contributed by atoms with Crippen molar-refractivity contribution in [3.05, 3.63) is 23.9 Å². The van der Waals surface area contributed by atoms with Crippen LogP contribution in [0.5, 0.6) is 0 Å². The van der Waals surface area contributed by atoms with Crippen molar-refractivity contribution in [1.82, 2.24) is 4.98 Å². The number of nitrogens with zero attached hydrogens (tertiary/aromatic N) is 2. The fourth-order valence-electron chi connectivity index (χ4n) is 1.77. The molecule has 5 heteroatoms. The maximum absolute atomic E-state index is 7.43. The van der Waals surface area contributed by atoms with E-state index in [-0.39, 0.29) is 11.9 Å². The van der Waals surface area contributed by atoms with Crippen molar-refractivity contribution in [2.24, 2.45) is 5.73 Å². The highest BCUT2D eigenvalue weighted by Gasteiger charge is 2.14. The second-order valence-corrected chi connectivity index (χ2v) is 3.91. The molecule has 1 unspecified atom stereocenters. The predicted molar refractivity (Wildman–Crippen MR) is 69.6 cm³/mol. The van der Waals surface area contributed by atoms with Gasteiger partial charge in [0.15, 0.2) is 0 Å². The summed E-state index contributed by atoms with van der Waals surface area (Å²) in [7, 11) is 1.68. The number of nitrogen functional groups attached to an aromatic ring is 1. The number of anilines is 1. The molecule has 1 heterocycles. The minimum absolute atomic E-state index is 0.0593. The SMILES string of the molecule is CCN(c1cc(C(=N)N)ccn1)C(C)COC. The Morgan fingerprint density at radius 3 is 2.88 bits per heavy atom. The molecule has 0 saturated carbocycles. The summed E-state index contributed by atoms with van der Waals surface area (Å²) in [6.07, 6.45) is 1.67. The molecule has 0 aromatic carbocycles. The third kappa shape index (κ3) is 3.42. The van der Waals surface area contributed by atoms with Gasteiger partial charge in [-0.2, -0.15) is 0 Å². The lowest BCUT2D eigenvalue weighted by Crippen LogP contribution is -2.36. The van der Waals surface area contributed by atoms with Crippen molar-refractivity contribution >= 4 is 11.7 Å². The zero-order valence-corrected chi connectivity index (χ0v) is 10.6. The fourth-order valence-corrected chi connectivity index (χ4v) is 1.77. The minimum atomic E-state index is 0.0593. The van der Waals surface area contributed by atoms with E-state index in [1.54, 1.807) is 19.4 Å². The average molecular weight is 236 g/mol. The average Bonchev–Trinajstić information content (AvgIpc) is 2.30. The molecule has 0 spiro atoms. The van der Waals surface area contributed by atoms with Gasteiger partial charge in [0.1, 0.15) is 11.7 Å². The van der Waals surface area contributed by atoms with E-state index in [0.717, 1.165) is 12.4 Å². The molecule has 0 aliphatic rings. The molecular weight excluding hydrogens is 216 g/mol. The number of hydrogen-bond donors (Lipinski definition) is 2. The van der Waals surface area contributed by atoms with Crippen LogP contribution in [0, 0.1) is 5.41 Å². The van der Waals surface area contributed by atoms with Crippen LogP contribution < -0.4 is 10.6 Å². The Morgan fingerprint density at radius 2 is 2.35 bits per heavy atom. The Bertz CT molecular complexity index is 381. The topological polar surface area (TPSA) is 75.2 Å². The summed E-state index contributed by atoms with van der Waals surface area (Å²) < 4.78 is 5.15. The van der Waals surface area contributed by atoms with E-state index in [4.69, 9.17) is 15.9 Å². The van der Waals surface area contributed by atoms with Crippen LogP contribution in [0.2, 0.25) is 0 Å². The number of nitrogens with one attached hydrogen (secondary N) is 1. The monoisotopic (exact) mass is 236 g/mol. The summed E-state index contributed by atoms with van der Waals surface area (Å²) in [4.78, 5) is 6.44. The predicted octanol–water partition coefficient (Wildman–Crippen LogP) is 1.23. The standard InChI is InChI=1S/C12H20N4O/c1-4-16(9(2)8-17-3)11-7-10(12(13)14)5-6-15-11/h5-7,9H,4,8H2,1-3H3,(H3,13,14). The number of ether oxygens (including phenoxy) is 1. The zero-order chi connectivity index (χ0) is 12.8. The lowest BCUT2D eigenvalue weighted by molar-refractivity contribution is 0.181. The van der Waals surface area contributed by atoms with Gasteiger partial charge in [-0.25, -0.2) is 4.98 Å². The number of aromatic nitrogens is 1. The largest absolute Gasteiger partial charge is 0.384 e. The molecule has 1 atom stereocenters. The molecular formula is C12H20N4O. The summed E-state index contributed by atoms with van der Waals surface area (Å²) in [5, 5.41) is 7.43. The van der Waals surface area contributed by atoms with E-state index in [1.807, 2.05) is 6.07 Å². The molecule has 0 amide bonds. The lowest BCUT2D eigenvalue weighted by Gasteiger charge is -2.28. The molecule has 0 saturated heterocycles. The number of hydrogen-bond acceptors (Lipinski definition) is 4. The molecule has 0 bridgehead atoms.